The van der Waals surface area contributed by atoms with Crippen LogP contribution in [0.25, 0.3) is 0 Å². The molecular formula is C10H11IN2O2. The molecule has 0 fully saturated rings. The number of nitrogens with zero attached hydrogens (tertiary/aromatic N) is 2. The second-order valence-electron chi connectivity index (χ2n) is 3.01. The van der Waals surface area contributed by atoms with E-state index in [4.69, 9.17) is 10.00 Å². The van der Waals surface area contributed by atoms with Gasteiger partial charge >= 0.3 is 5.97 Å². The number of carbonyl (C=O) groups is 1. The van der Waals surface area contributed by atoms with Crippen LogP contribution in [0.2, 0.25) is 0 Å². The predicted octanol–water partition coefficient (Wildman–Crippen LogP) is 1.99. The third-order valence-electron chi connectivity index (χ3n) is 2.21. The minimum atomic E-state index is -0.381. The Balaban J connectivity index is 3.32. The van der Waals surface area contributed by atoms with E-state index in [9.17, 15) is 4.79 Å². The summed E-state index contributed by atoms with van der Waals surface area (Å²) in [6, 6.07) is 2.09. The van der Waals surface area contributed by atoms with Crippen LogP contribution in [-0.4, -0.2) is 17.1 Å². The Morgan fingerprint density at radius 3 is 2.67 bits per heavy atom. The summed E-state index contributed by atoms with van der Waals surface area (Å²) in [7, 11) is 1.75. The van der Waals surface area contributed by atoms with Crippen LogP contribution in [0.1, 0.15) is 28.7 Å². The van der Waals surface area contributed by atoms with Crippen molar-refractivity contribution in [3.8, 4) is 6.07 Å². The monoisotopic (exact) mass is 318 g/mol. The van der Waals surface area contributed by atoms with Gasteiger partial charge in [0.25, 0.3) is 0 Å². The Labute approximate surface area is 102 Å². The van der Waals surface area contributed by atoms with Gasteiger partial charge in [0.2, 0.25) is 0 Å². The molecule has 4 nitrogen and oxygen atoms in total. The maximum Gasteiger partial charge on any atom is 0.356 e. The molecule has 0 aliphatic rings. The van der Waals surface area contributed by atoms with Gasteiger partial charge in [-0.05, 0) is 36.4 Å². The standard InChI is InChI=1S/C10H11IN2O2/c1-4-15-10(14)9-8(11)7(5-12)6(2)13(9)3/h4H2,1-3H3. The Hall–Kier alpha value is -1.03. The number of carbonyl (C=O) groups excluding carboxylic acids is 1. The van der Waals surface area contributed by atoms with Crippen molar-refractivity contribution >= 4 is 28.6 Å². The van der Waals surface area contributed by atoms with Gasteiger partial charge in [-0.2, -0.15) is 5.26 Å². The first kappa shape index (κ1) is 12.0. The van der Waals surface area contributed by atoms with Crippen molar-refractivity contribution in [1.82, 2.24) is 4.57 Å². The number of aromatic nitrogens is 1. The van der Waals surface area contributed by atoms with Crippen LogP contribution in [0.4, 0.5) is 0 Å². The van der Waals surface area contributed by atoms with Crippen molar-refractivity contribution in [3.05, 3.63) is 20.5 Å². The van der Waals surface area contributed by atoms with E-state index < -0.39 is 0 Å². The molecule has 0 spiro atoms. The predicted molar refractivity (Wildman–Crippen MR) is 63.5 cm³/mol. The molecule has 15 heavy (non-hydrogen) atoms. The molecule has 1 aromatic rings. The molecule has 1 heterocycles. The number of esters is 1. The fourth-order valence-electron chi connectivity index (χ4n) is 1.32. The maximum atomic E-state index is 11.6. The molecule has 0 saturated heterocycles. The lowest BCUT2D eigenvalue weighted by atomic mass is 10.3. The quantitative estimate of drug-likeness (QED) is 0.619. The molecule has 0 aliphatic heterocycles. The van der Waals surface area contributed by atoms with Gasteiger partial charge in [0, 0.05) is 12.7 Å². The third kappa shape index (κ3) is 2.00. The Morgan fingerprint density at radius 1 is 1.67 bits per heavy atom. The average molecular weight is 318 g/mol. The number of nitriles is 1. The summed E-state index contributed by atoms with van der Waals surface area (Å²) < 4.78 is 7.28. The fourth-order valence-corrected chi connectivity index (χ4v) is 2.41. The van der Waals surface area contributed by atoms with Crippen molar-refractivity contribution in [2.45, 2.75) is 13.8 Å². The van der Waals surface area contributed by atoms with Crippen LogP contribution in [-0.2, 0) is 11.8 Å². The van der Waals surface area contributed by atoms with Crippen molar-refractivity contribution in [2.75, 3.05) is 6.61 Å². The van der Waals surface area contributed by atoms with Gasteiger partial charge in [-0.15, -0.1) is 0 Å². The summed E-state index contributed by atoms with van der Waals surface area (Å²) in [4.78, 5) is 11.6. The molecule has 0 unspecified atom stereocenters. The van der Waals surface area contributed by atoms with Gasteiger partial charge in [0.1, 0.15) is 11.8 Å². The summed E-state index contributed by atoms with van der Waals surface area (Å²) in [6.07, 6.45) is 0. The molecule has 0 saturated carbocycles. The SMILES string of the molecule is CCOC(=O)c1c(I)c(C#N)c(C)n1C. The Kier molecular flexibility index (Phi) is 3.74. The minimum Gasteiger partial charge on any atom is -0.461 e. The van der Waals surface area contributed by atoms with Crippen LogP contribution in [0.15, 0.2) is 0 Å². The van der Waals surface area contributed by atoms with Crippen LogP contribution < -0.4 is 0 Å². The van der Waals surface area contributed by atoms with E-state index in [1.165, 1.54) is 0 Å². The molecule has 0 radical (unpaired) electrons. The van der Waals surface area contributed by atoms with Crippen molar-refractivity contribution in [2.24, 2.45) is 7.05 Å². The summed E-state index contributed by atoms with van der Waals surface area (Å²) in [5.74, 6) is -0.381. The van der Waals surface area contributed by atoms with Crippen LogP contribution in [0.5, 0.6) is 0 Å². The van der Waals surface area contributed by atoms with Gasteiger partial charge in [-0.25, -0.2) is 4.79 Å². The van der Waals surface area contributed by atoms with Crippen LogP contribution >= 0.6 is 22.6 Å². The lowest BCUT2D eigenvalue weighted by Crippen LogP contribution is -2.11. The molecule has 1 aromatic heterocycles. The van der Waals surface area contributed by atoms with Crippen molar-refractivity contribution in [1.29, 1.82) is 5.26 Å². The first-order chi connectivity index (χ1) is 7.04. The highest BCUT2D eigenvalue weighted by molar-refractivity contribution is 14.1. The Bertz CT molecular complexity index is 443. The molecule has 5 heteroatoms. The second kappa shape index (κ2) is 4.66. The fraction of sp³-hybridized carbons (Fsp3) is 0.400. The number of ether oxygens (including phenoxy) is 1. The van der Waals surface area contributed by atoms with Crippen LogP contribution in [0.3, 0.4) is 0 Å². The lowest BCUT2D eigenvalue weighted by Gasteiger charge is -2.04. The number of halogens is 1. The molecule has 0 aromatic carbocycles. The highest BCUT2D eigenvalue weighted by Crippen LogP contribution is 2.23. The summed E-state index contributed by atoms with van der Waals surface area (Å²) >= 11 is 2.00. The zero-order chi connectivity index (χ0) is 11.6. The van der Waals surface area contributed by atoms with E-state index in [-0.39, 0.29) is 5.97 Å². The first-order valence-electron chi connectivity index (χ1n) is 4.46. The van der Waals surface area contributed by atoms with Gasteiger partial charge in [0.05, 0.1) is 15.7 Å². The minimum absolute atomic E-state index is 0.334. The maximum absolute atomic E-state index is 11.6. The lowest BCUT2D eigenvalue weighted by molar-refractivity contribution is 0.0513. The van der Waals surface area contributed by atoms with E-state index in [2.05, 4.69) is 6.07 Å². The third-order valence-corrected chi connectivity index (χ3v) is 3.26. The van der Waals surface area contributed by atoms with E-state index in [1.807, 2.05) is 29.5 Å². The average Bonchev–Trinajstić information content (AvgIpc) is 2.39. The zero-order valence-corrected chi connectivity index (χ0v) is 11.0. The highest BCUT2D eigenvalue weighted by Gasteiger charge is 2.22. The number of hydrogen-bond acceptors (Lipinski definition) is 3. The van der Waals surface area contributed by atoms with E-state index in [0.29, 0.717) is 21.4 Å². The molecule has 0 N–H and O–H groups in total. The zero-order valence-electron chi connectivity index (χ0n) is 8.80. The molecular weight excluding hydrogens is 307 g/mol. The molecule has 1 rings (SSSR count). The molecule has 0 bridgehead atoms. The molecule has 0 aliphatic carbocycles. The van der Waals surface area contributed by atoms with Gasteiger partial charge in [-0.1, -0.05) is 0 Å². The summed E-state index contributed by atoms with van der Waals surface area (Å²) in [5.41, 5.74) is 1.78. The van der Waals surface area contributed by atoms with Gasteiger partial charge in [0.15, 0.2) is 0 Å². The highest BCUT2D eigenvalue weighted by atomic mass is 127. The number of rotatable bonds is 2. The summed E-state index contributed by atoms with van der Waals surface area (Å²) in [5, 5.41) is 8.93. The van der Waals surface area contributed by atoms with E-state index in [0.717, 1.165) is 5.69 Å². The molecule has 80 valence electrons. The van der Waals surface area contributed by atoms with E-state index in [1.54, 1.807) is 18.5 Å². The molecule has 0 amide bonds. The topological polar surface area (TPSA) is 55.0 Å². The largest absolute Gasteiger partial charge is 0.461 e. The van der Waals surface area contributed by atoms with Crippen LogP contribution in [0, 0.1) is 21.8 Å². The normalized spacial score (nSPS) is 9.80. The Morgan fingerprint density at radius 2 is 2.27 bits per heavy atom. The molecule has 0 atom stereocenters. The number of hydrogen-bond donors (Lipinski definition) is 0. The van der Waals surface area contributed by atoms with E-state index >= 15 is 0 Å². The van der Waals surface area contributed by atoms with Crippen molar-refractivity contribution < 1.29 is 9.53 Å². The van der Waals surface area contributed by atoms with Gasteiger partial charge < -0.3 is 9.30 Å². The summed E-state index contributed by atoms with van der Waals surface area (Å²) in [6.45, 7) is 3.90. The smallest absolute Gasteiger partial charge is 0.356 e. The first-order valence-corrected chi connectivity index (χ1v) is 5.54. The van der Waals surface area contributed by atoms with Gasteiger partial charge in [-0.3, -0.25) is 0 Å². The van der Waals surface area contributed by atoms with Crippen molar-refractivity contribution in [3.63, 3.8) is 0 Å². The second-order valence-corrected chi connectivity index (χ2v) is 4.09.